The highest BCUT2D eigenvalue weighted by atomic mass is 16.5. The number of nitrogens with zero attached hydrogens (tertiary/aromatic N) is 3. The monoisotopic (exact) mass is 375 g/mol. The van der Waals surface area contributed by atoms with Gasteiger partial charge in [-0.1, -0.05) is 12.8 Å². The Kier molecular flexibility index (Phi) is 5.55. The van der Waals surface area contributed by atoms with Crippen LogP contribution in [0.3, 0.4) is 0 Å². The lowest BCUT2D eigenvalue weighted by atomic mass is 9.79. The van der Waals surface area contributed by atoms with Gasteiger partial charge in [0.2, 0.25) is 0 Å². The van der Waals surface area contributed by atoms with Crippen molar-refractivity contribution in [2.45, 2.75) is 64.5 Å². The Hall–Kier alpha value is -1.40. The molecule has 6 nitrogen and oxygen atoms in total. The van der Waals surface area contributed by atoms with Crippen LogP contribution in [0.5, 0.6) is 0 Å². The van der Waals surface area contributed by atoms with Crippen LogP contribution in [0.15, 0.2) is 6.07 Å². The maximum atomic E-state index is 12.9. The van der Waals surface area contributed by atoms with Crippen molar-refractivity contribution in [2.75, 3.05) is 32.9 Å². The second-order valence-corrected chi connectivity index (χ2v) is 8.56. The Morgan fingerprint density at radius 1 is 1.33 bits per heavy atom. The summed E-state index contributed by atoms with van der Waals surface area (Å²) in [6.45, 7) is 8.62. The minimum atomic E-state index is -0.140. The number of aryl methyl sites for hydroxylation is 2. The molecule has 3 fully saturated rings. The number of ether oxygens (including phenoxy) is 2. The summed E-state index contributed by atoms with van der Waals surface area (Å²) in [5.74, 6) is 1.36. The summed E-state index contributed by atoms with van der Waals surface area (Å²) in [5, 5.41) is 4.40. The van der Waals surface area contributed by atoms with Gasteiger partial charge >= 0.3 is 0 Å². The van der Waals surface area contributed by atoms with Gasteiger partial charge in [-0.15, -0.1) is 0 Å². The third-order valence-corrected chi connectivity index (χ3v) is 6.66. The molecule has 1 aliphatic carbocycles. The van der Waals surface area contributed by atoms with E-state index in [1.54, 1.807) is 4.68 Å². The van der Waals surface area contributed by atoms with E-state index in [0.29, 0.717) is 31.2 Å². The van der Waals surface area contributed by atoms with Crippen LogP contribution < -0.4 is 0 Å². The molecule has 27 heavy (non-hydrogen) atoms. The largest absolute Gasteiger partial charge is 0.381 e. The molecule has 1 aromatic heterocycles. The lowest BCUT2D eigenvalue weighted by molar-refractivity contribution is -0.121. The average molecular weight is 376 g/mol. The Bertz CT molecular complexity index is 660. The first kappa shape index (κ1) is 18.9. The predicted octanol–water partition coefficient (Wildman–Crippen LogP) is 3.04. The van der Waals surface area contributed by atoms with Gasteiger partial charge in [-0.05, 0) is 57.4 Å². The molecular weight excluding hydrogens is 342 g/mol. The summed E-state index contributed by atoms with van der Waals surface area (Å²) < 4.78 is 13.9. The van der Waals surface area contributed by atoms with Crippen molar-refractivity contribution in [1.82, 2.24) is 14.7 Å². The molecule has 0 N–H and O–H groups in total. The second kappa shape index (κ2) is 7.92. The normalized spacial score (nSPS) is 24.7. The van der Waals surface area contributed by atoms with Gasteiger partial charge in [0.15, 0.2) is 0 Å². The molecule has 150 valence electrons. The molecule has 2 saturated heterocycles. The van der Waals surface area contributed by atoms with Gasteiger partial charge in [-0.3, -0.25) is 9.48 Å². The quantitative estimate of drug-likeness (QED) is 0.688. The van der Waals surface area contributed by atoms with Crippen LogP contribution in [-0.4, -0.2) is 59.1 Å². The minimum absolute atomic E-state index is 0.0785. The first-order valence-corrected chi connectivity index (χ1v) is 10.7. The Morgan fingerprint density at radius 3 is 2.85 bits per heavy atom. The smallest absolute Gasteiger partial charge is 0.272 e. The fourth-order valence-corrected chi connectivity index (χ4v) is 5.06. The molecule has 6 heteroatoms. The van der Waals surface area contributed by atoms with E-state index in [1.165, 1.54) is 25.7 Å². The molecule has 4 rings (SSSR count). The molecule has 1 atom stereocenters. The number of amides is 1. The molecule has 1 aromatic rings. The molecule has 0 aromatic carbocycles. The fraction of sp³-hybridized carbons (Fsp3) is 0.810. The van der Waals surface area contributed by atoms with Crippen molar-refractivity contribution in [1.29, 1.82) is 0 Å². The number of likely N-dealkylation sites (tertiary alicyclic amines) is 1. The minimum Gasteiger partial charge on any atom is -0.381 e. The van der Waals surface area contributed by atoms with E-state index in [9.17, 15) is 4.79 Å². The Labute approximate surface area is 162 Å². The second-order valence-electron chi connectivity index (χ2n) is 8.56. The van der Waals surface area contributed by atoms with Crippen LogP contribution in [0.25, 0.3) is 0 Å². The fourth-order valence-electron chi connectivity index (χ4n) is 5.06. The highest BCUT2D eigenvalue weighted by molar-refractivity contribution is 5.93. The van der Waals surface area contributed by atoms with E-state index in [4.69, 9.17) is 9.47 Å². The van der Waals surface area contributed by atoms with Crippen LogP contribution in [0.2, 0.25) is 0 Å². The SMILES string of the molecule is CCn1nc(C)cc1C(=O)N1CC2(C1)OCC[C@@H]2CCOCC1CCCC1. The summed E-state index contributed by atoms with van der Waals surface area (Å²) in [5.41, 5.74) is 1.45. The third kappa shape index (κ3) is 3.79. The zero-order valence-electron chi connectivity index (χ0n) is 16.8. The average Bonchev–Trinajstić information content (AvgIpc) is 3.36. The number of carbonyl (C=O) groups excluding carboxylic acids is 1. The summed E-state index contributed by atoms with van der Waals surface area (Å²) in [6, 6.07) is 1.89. The van der Waals surface area contributed by atoms with Gasteiger partial charge in [0.1, 0.15) is 11.3 Å². The number of aromatic nitrogens is 2. The Balaban J connectivity index is 1.27. The predicted molar refractivity (Wildman–Crippen MR) is 103 cm³/mol. The molecule has 1 spiro atoms. The molecule has 0 unspecified atom stereocenters. The van der Waals surface area contributed by atoms with E-state index >= 15 is 0 Å². The number of hydrogen-bond acceptors (Lipinski definition) is 4. The van der Waals surface area contributed by atoms with Gasteiger partial charge in [0.25, 0.3) is 5.91 Å². The van der Waals surface area contributed by atoms with E-state index in [2.05, 4.69) is 5.10 Å². The number of rotatable bonds is 7. The van der Waals surface area contributed by atoms with Gasteiger partial charge in [0.05, 0.1) is 18.8 Å². The lowest BCUT2D eigenvalue weighted by Crippen LogP contribution is -2.66. The van der Waals surface area contributed by atoms with Gasteiger partial charge in [-0.25, -0.2) is 0 Å². The van der Waals surface area contributed by atoms with Crippen LogP contribution in [0.1, 0.15) is 61.6 Å². The van der Waals surface area contributed by atoms with Crippen LogP contribution >= 0.6 is 0 Å². The molecule has 0 radical (unpaired) electrons. The zero-order valence-corrected chi connectivity index (χ0v) is 16.8. The molecule has 3 aliphatic rings. The highest BCUT2D eigenvalue weighted by Crippen LogP contribution is 2.42. The van der Waals surface area contributed by atoms with Crippen molar-refractivity contribution in [3.05, 3.63) is 17.5 Å². The standard InChI is InChI=1S/C21H33N3O3/c1-3-24-19(12-16(2)22-24)20(25)23-14-21(15-23)18(9-11-27-21)8-10-26-13-17-6-4-5-7-17/h12,17-18H,3-11,13-15H2,1-2H3/t18-/m0/s1. The zero-order chi connectivity index (χ0) is 18.9. The van der Waals surface area contributed by atoms with Gasteiger partial charge in [-0.2, -0.15) is 5.10 Å². The van der Waals surface area contributed by atoms with Crippen molar-refractivity contribution >= 4 is 5.91 Å². The topological polar surface area (TPSA) is 56.6 Å². The van der Waals surface area contributed by atoms with Gasteiger partial charge in [0, 0.05) is 26.4 Å². The van der Waals surface area contributed by atoms with E-state index in [1.807, 2.05) is 24.8 Å². The highest BCUT2D eigenvalue weighted by Gasteiger charge is 2.54. The van der Waals surface area contributed by atoms with E-state index in [-0.39, 0.29) is 11.5 Å². The van der Waals surface area contributed by atoms with Crippen LogP contribution in [0, 0.1) is 18.8 Å². The summed E-state index contributed by atoms with van der Waals surface area (Å²) in [4.78, 5) is 14.8. The summed E-state index contributed by atoms with van der Waals surface area (Å²) in [7, 11) is 0. The maximum Gasteiger partial charge on any atom is 0.272 e. The van der Waals surface area contributed by atoms with Crippen molar-refractivity contribution in [2.24, 2.45) is 11.8 Å². The van der Waals surface area contributed by atoms with Crippen molar-refractivity contribution < 1.29 is 14.3 Å². The third-order valence-electron chi connectivity index (χ3n) is 6.66. The van der Waals surface area contributed by atoms with Gasteiger partial charge < -0.3 is 14.4 Å². The molecule has 1 amide bonds. The van der Waals surface area contributed by atoms with E-state index < -0.39 is 0 Å². The Morgan fingerprint density at radius 2 is 2.11 bits per heavy atom. The maximum absolute atomic E-state index is 12.9. The first-order valence-electron chi connectivity index (χ1n) is 10.7. The van der Waals surface area contributed by atoms with E-state index in [0.717, 1.165) is 44.3 Å². The molecule has 0 bridgehead atoms. The number of hydrogen-bond donors (Lipinski definition) is 0. The summed E-state index contributed by atoms with van der Waals surface area (Å²) >= 11 is 0. The molecule has 2 aliphatic heterocycles. The summed E-state index contributed by atoms with van der Waals surface area (Å²) in [6.07, 6.45) is 7.53. The lowest BCUT2D eigenvalue weighted by Gasteiger charge is -2.50. The number of carbonyl (C=O) groups is 1. The molecule has 1 saturated carbocycles. The van der Waals surface area contributed by atoms with Crippen molar-refractivity contribution in [3.8, 4) is 0 Å². The molecular formula is C21H33N3O3. The van der Waals surface area contributed by atoms with Crippen LogP contribution in [-0.2, 0) is 16.0 Å². The van der Waals surface area contributed by atoms with Crippen LogP contribution in [0.4, 0.5) is 0 Å². The molecule has 3 heterocycles. The van der Waals surface area contributed by atoms with Crippen molar-refractivity contribution in [3.63, 3.8) is 0 Å². The first-order chi connectivity index (χ1) is 13.1.